The smallest absolute Gasteiger partial charge is 0.132 e. The van der Waals surface area contributed by atoms with Crippen molar-refractivity contribution < 1.29 is 4.79 Å². The van der Waals surface area contributed by atoms with Crippen molar-refractivity contribution >= 4 is 17.1 Å². The first-order chi connectivity index (χ1) is 7.93. The van der Waals surface area contributed by atoms with Crippen molar-refractivity contribution in [3.8, 4) is 0 Å². The molecule has 1 aromatic rings. The first-order valence-electron chi connectivity index (χ1n) is 6.40. The van der Waals surface area contributed by atoms with E-state index in [1.165, 1.54) is 5.01 Å². The van der Waals surface area contributed by atoms with Gasteiger partial charge in [-0.05, 0) is 19.3 Å². The van der Waals surface area contributed by atoms with Crippen LogP contribution in [0.15, 0.2) is 5.38 Å². The Morgan fingerprint density at radius 2 is 2.06 bits per heavy atom. The molecule has 0 aromatic carbocycles. The number of carbonyl (C=O) groups is 1. The fourth-order valence-electron chi connectivity index (χ4n) is 1.61. The lowest BCUT2D eigenvalue weighted by atomic mass is 9.93. The zero-order chi connectivity index (χ0) is 12.9. The normalized spacial score (nSPS) is 11.8. The van der Waals surface area contributed by atoms with Gasteiger partial charge in [-0.25, -0.2) is 4.98 Å². The Bertz CT molecular complexity index is 363. The van der Waals surface area contributed by atoms with Gasteiger partial charge in [-0.1, -0.05) is 27.7 Å². The van der Waals surface area contributed by atoms with Gasteiger partial charge in [0.15, 0.2) is 0 Å². The van der Waals surface area contributed by atoms with Crippen molar-refractivity contribution in [1.29, 1.82) is 0 Å². The third-order valence-corrected chi connectivity index (χ3v) is 3.60. The summed E-state index contributed by atoms with van der Waals surface area (Å²) in [6, 6.07) is 0. The molecule has 0 saturated carbocycles. The quantitative estimate of drug-likeness (QED) is 0.763. The number of hydrogen-bond acceptors (Lipinski definition) is 3. The standard InChI is InChI=1S/C14H23NOS/c1-5-7-11(16)8-6-9-13-15-12(10-17-13)14(2,3)4/h10H,5-9H2,1-4H3. The first-order valence-corrected chi connectivity index (χ1v) is 7.28. The SMILES string of the molecule is CCCC(=O)CCCc1nc(C(C)(C)C)cs1. The van der Waals surface area contributed by atoms with E-state index in [1.54, 1.807) is 11.3 Å². The third kappa shape index (κ3) is 4.99. The van der Waals surface area contributed by atoms with Crippen LogP contribution in [0.5, 0.6) is 0 Å². The van der Waals surface area contributed by atoms with E-state index in [9.17, 15) is 4.79 Å². The topological polar surface area (TPSA) is 30.0 Å². The van der Waals surface area contributed by atoms with E-state index >= 15 is 0 Å². The largest absolute Gasteiger partial charge is 0.300 e. The second kappa shape index (κ2) is 6.29. The number of carbonyl (C=O) groups excluding carboxylic acids is 1. The summed E-state index contributed by atoms with van der Waals surface area (Å²) >= 11 is 1.72. The van der Waals surface area contributed by atoms with Crippen molar-refractivity contribution in [3.05, 3.63) is 16.1 Å². The van der Waals surface area contributed by atoms with Crippen molar-refractivity contribution in [2.75, 3.05) is 0 Å². The van der Waals surface area contributed by atoms with Gasteiger partial charge in [-0.15, -0.1) is 11.3 Å². The molecule has 3 heteroatoms. The predicted octanol–water partition coefficient (Wildman–Crippen LogP) is 4.13. The lowest BCUT2D eigenvalue weighted by Gasteiger charge is -2.14. The fraction of sp³-hybridized carbons (Fsp3) is 0.714. The second-order valence-corrected chi connectivity index (χ2v) is 6.46. The molecule has 17 heavy (non-hydrogen) atoms. The molecule has 0 amide bonds. The highest BCUT2D eigenvalue weighted by atomic mass is 32.1. The van der Waals surface area contributed by atoms with E-state index < -0.39 is 0 Å². The van der Waals surface area contributed by atoms with Crippen molar-refractivity contribution in [2.45, 2.75) is 65.2 Å². The van der Waals surface area contributed by atoms with E-state index in [0.717, 1.165) is 31.4 Å². The van der Waals surface area contributed by atoms with Crippen molar-refractivity contribution in [3.63, 3.8) is 0 Å². The second-order valence-electron chi connectivity index (χ2n) is 5.52. The van der Waals surface area contributed by atoms with Gasteiger partial charge in [0.2, 0.25) is 0 Å². The van der Waals surface area contributed by atoms with Crippen LogP contribution < -0.4 is 0 Å². The van der Waals surface area contributed by atoms with Gasteiger partial charge in [0.25, 0.3) is 0 Å². The van der Waals surface area contributed by atoms with E-state index in [0.29, 0.717) is 12.2 Å². The Morgan fingerprint density at radius 3 is 2.59 bits per heavy atom. The summed E-state index contributed by atoms with van der Waals surface area (Å²) in [7, 11) is 0. The molecule has 0 bridgehead atoms. The predicted molar refractivity (Wildman–Crippen MR) is 73.7 cm³/mol. The fourth-order valence-corrected chi connectivity index (χ4v) is 2.68. The van der Waals surface area contributed by atoms with Crippen LogP contribution in [0.25, 0.3) is 0 Å². The maximum absolute atomic E-state index is 11.4. The van der Waals surface area contributed by atoms with Crippen LogP contribution in [0.1, 0.15) is 64.1 Å². The van der Waals surface area contributed by atoms with Crippen LogP contribution in [0.4, 0.5) is 0 Å². The van der Waals surface area contributed by atoms with E-state index in [-0.39, 0.29) is 5.41 Å². The number of nitrogens with zero attached hydrogens (tertiary/aromatic N) is 1. The summed E-state index contributed by atoms with van der Waals surface area (Å²) < 4.78 is 0. The van der Waals surface area contributed by atoms with Crippen LogP contribution in [0.3, 0.4) is 0 Å². The number of aromatic nitrogens is 1. The van der Waals surface area contributed by atoms with E-state index in [1.807, 2.05) is 6.92 Å². The molecule has 0 radical (unpaired) electrons. The summed E-state index contributed by atoms with van der Waals surface area (Å²) in [5.74, 6) is 0.389. The molecule has 0 aliphatic heterocycles. The molecular formula is C14H23NOS. The number of ketones is 1. The number of aryl methyl sites for hydroxylation is 1. The molecule has 1 heterocycles. The van der Waals surface area contributed by atoms with Crippen LogP contribution in [-0.4, -0.2) is 10.8 Å². The van der Waals surface area contributed by atoms with Gasteiger partial charge < -0.3 is 0 Å². The summed E-state index contributed by atoms with van der Waals surface area (Å²) in [5, 5.41) is 3.31. The van der Waals surface area contributed by atoms with Gasteiger partial charge >= 0.3 is 0 Å². The average Bonchev–Trinajstić information content (AvgIpc) is 2.66. The molecule has 0 N–H and O–H groups in total. The van der Waals surface area contributed by atoms with Gasteiger partial charge in [-0.2, -0.15) is 0 Å². The number of hydrogen-bond donors (Lipinski definition) is 0. The Balaban J connectivity index is 2.38. The summed E-state index contributed by atoms with van der Waals surface area (Å²) in [4.78, 5) is 16.0. The minimum atomic E-state index is 0.132. The Hall–Kier alpha value is -0.700. The van der Waals surface area contributed by atoms with Crippen LogP contribution in [0, 0.1) is 0 Å². The highest BCUT2D eigenvalue weighted by Gasteiger charge is 2.17. The molecule has 0 atom stereocenters. The van der Waals surface area contributed by atoms with E-state index in [4.69, 9.17) is 0 Å². The van der Waals surface area contributed by atoms with Gasteiger partial charge in [0.1, 0.15) is 5.78 Å². The van der Waals surface area contributed by atoms with Gasteiger partial charge in [-0.3, -0.25) is 4.79 Å². The van der Waals surface area contributed by atoms with Crippen LogP contribution in [-0.2, 0) is 16.6 Å². The summed E-state index contributed by atoms with van der Waals surface area (Å²) in [5.41, 5.74) is 1.30. The molecule has 0 aliphatic carbocycles. The third-order valence-electron chi connectivity index (χ3n) is 2.70. The molecule has 1 aromatic heterocycles. The van der Waals surface area contributed by atoms with Crippen LogP contribution in [0.2, 0.25) is 0 Å². The molecular weight excluding hydrogens is 230 g/mol. The summed E-state index contributed by atoms with van der Waals surface area (Å²) in [6.07, 6.45) is 4.28. The Morgan fingerprint density at radius 1 is 1.35 bits per heavy atom. The van der Waals surface area contributed by atoms with Crippen molar-refractivity contribution in [2.24, 2.45) is 0 Å². The molecule has 0 unspecified atom stereocenters. The maximum Gasteiger partial charge on any atom is 0.132 e. The van der Waals surface area contributed by atoms with Crippen molar-refractivity contribution in [1.82, 2.24) is 4.98 Å². The molecule has 0 spiro atoms. The lowest BCUT2D eigenvalue weighted by molar-refractivity contribution is -0.119. The average molecular weight is 253 g/mol. The number of Topliss-reactive ketones (excluding diaryl/α,β-unsaturated/α-hetero) is 1. The maximum atomic E-state index is 11.4. The molecule has 1 rings (SSSR count). The molecule has 96 valence electrons. The monoisotopic (exact) mass is 253 g/mol. The molecule has 0 aliphatic rings. The number of thiazole rings is 1. The zero-order valence-corrected chi connectivity index (χ0v) is 12.2. The number of rotatable bonds is 6. The van der Waals surface area contributed by atoms with Gasteiger partial charge in [0, 0.05) is 23.6 Å². The van der Waals surface area contributed by atoms with E-state index in [2.05, 4.69) is 31.1 Å². The summed E-state index contributed by atoms with van der Waals surface area (Å²) in [6.45, 7) is 8.58. The molecule has 0 fully saturated rings. The Kier molecular flexibility index (Phi) is 5.31. The zero-order valence-electron chi connectivity index (χ0n) is 11.4. The Labute approximate surface area is 108 Å². The van der Waals surface area contributed by atoms with Gasteiger partial charge in [0.05, 0.1) is 10.7 Å². The minimum absolute atomic E-state index is 0.132. The minimum Gasteiger partial charge on any atom is -0.300 e. The van der Waals surface area contributed by atoms with Crippen LogP contribution >= 0.6 is 11.3 Å². The molecule has 2 nitrogen and oxygen atoms in total. The first kappa shape index (κ1) is 14.4. The highest BCUT2D eigenvalue weighted by Crippen LogP contribution is 2.24. The molecule has 0 saturated heterocycles. The highest BCUT2D eigenvalue weighted by molar-refractivity contribution is 7.09. The lowest BCUT2D eigenvalue weighted by Crippen LogP contribution is -2.11.